The zero-order valence-electron chi connectivity index (χ0n) is 9.90. The number of carboxylic acid groups (broad SMARTS) is 1. The molecule has 0 aliphatic heterocycles. The highest BCUT2D eigenvalue weighted by Gasteiger charge is 2.17. The molecule has 1 aromatic rings. The molecule has 0 radical (unpaired) electrons. The molecule has 0 spiro atoms. The lowest BCUT2D eigenvalue weighted by Gasteiger charge is -2.15. The first-order valence-electron chi connectivity index (χ1n) is 5.28. The van der Waals surface area contributed by atoms with Gasteiger partial charge in [-0.25, -0.2) is 15.6 Å². The van der Waals surface area contributed by atoms with Crippen LogP contribution in [0.1, 0.15) is 35.1 Å². The van der Waals surface area contributed by atoms with Gasteiger partial charge in [0.1, 0.15) is 5.84 Å². The summed E-state index contributed by atoms with van der Waals surface area (Å²) in [6.45, 7) is 1.99. The van der Waals surface area contributed by atoms with Crippen LogP contribution in [0.15, 0.2) is 12.1 Å². The van der Waals surface area contributed by atoms with Crippen molar-refractivity contribution in [2.75, 3.05) is 7.05 Å². The summed E-state index contributed by atoms with van der Waals surface area (Å²) in [5, 5.41) is 17.8. The van der Waals surface area contributed by atoms with Crippen molar-refractivity contribution in [3.8, 4) is 0 Å². The van der Waals surface area contributed by atoms with Crippen LogP contribution >= 0.6 is 0 Å². The lowest BCUT2D eigenvalue weighted by atomic mass is 10.1. The van der Waals surface area contributed by atoms with Gasteiger partial charge in [-0.3, -0.25) is 10.4 Å². The largest absolute Gasteiger partial charge is 0.476 e. The molecule has 1 aromatic heterocycles. The monoisotopic (exact) mass is 236 g/mol. The molecule has 1 rings (SSSR count). The van der Waals surface area contributed by atoms with E-state index in [2.05, 4.69) is 4.98 Å². The Balaban J connectivity index is 3.22. The number of nitrogens with one attached hydrogen (secondary N) is 1. The SMILES string of the molecule is CCCc1ccc(C(=N)N(C)N)c(C(=O)O)n1. The Morgan fingerprint density at radius 1 is 1.59 bits per heavy atom. The van der Waals surface area contributed by atoms with E-state index in [0.717, 1.165) is 11.4 Å². The molecule has 0 fully saturated rings. The third-order valence-corrected chi connectivity index (χ3v) is 2.27. The molecule has 0 saturated heterocycles. The lowest BCUT2D eigenvalue weighted by Crippen LogP contribution is -2.34. The van der Waals surface area contributed by atoms with Crippen LogP contribution in [0.3, 0.4) is 0 Å². The van der Waals surface area contributed by atoms with Crippen LogP contribution in [0, 0.1) is 5.41 Å². The van der Waals surface area contributed by atoms with E-state index in [9.17, 15) is 4.79 Å². The number of aromatic carboxylic acids is 1. The van der Waals surface area contributed by atoms with Gasteiger partial charge in [0.25, 0.3) is 0 Å². The van der Waals surface area contributed by atoms with Crippen LogP contribution in [-0.4, -0.2) is 34.0 Å². The van der Waals surface area contributed by atoms with Crippen LogP contribution in [-0.2, 0) is 6.42 Å². The highest BCUT2D eigenvalue weighted by Crippen LogP contribution is 2.11. The molecule has 17 heavy (non-hydrogen) atoms. The molecule has 6 nitrogen and oxygen atoms in total. The van der Waals surface area contributed by atoms with Crippen LogP contribution in [0.4, 0.5) is 0 Å². The van der Waals surface area contributed by atoms with Gasteiger partial charge in [0, 0.05) is 12.7 Å². The first-order valence-corrected chi connectivity index (χ1v) is 5.28. The quantitative estimate of drug-likeness (QED) is 0.311. The van der Waals surface area contributed by atoms with E-state index >= 15 is 0 Å². The van der Waals surface area contributed by atoms with E-state index in [1.807, 2.05) is 6.92 Å². The molecule has 0 atom stereocenters. The summed E-state index contributed by atoms with van der Waals surface area (Å²) in [7, 11) is 1.48. The second-order valence-electron chi connectivity index (χ2n) is 3.71. The molecule has 0 amide bonds. The Kier molecular flexibility index (Phi) is 4.17. The number of nitrogens with two attached hydrogens (primary N) is 1. The van der Waals surface area contributed by atoms with Gasteiger partial charge in [-0.2, -0.15) is 0 Å². The lowest BCUT2D eigenvalue weighted by molar-refractivity contribution is 0.0689. The Labute approximate surface area is 99.6 Å². The minimum Gasteiger partial charge on any atom is -0.476 e. The Morgan fingerprint density at radius 2 is 2.24 bits per heavy atom. The zero-order chi connectivity index (χ0) is 13.0. The maximum Gasteiger partial charge on any atom is 0.355 e. The number of aromatic nitrogens is 1. The number of hydrazine groups is 1. The summed E-state index contributed by atoms with van der Waals surface area (Å²) in [6.07, 6.45) is 1.60. The second-order valence-corrected chi connectivity index (χ2v) is 3.71. The van der Waals surface area contributed by atoms with Gasteiger partial charge in [0.15, 0.2) is 5.69 Å². The molecule has 4 N–H and O–H groups in total. The highest BCUT2D eigenvalue weighted by molar-refractivity contribution is 6.04. The molecule has 6 heteroatoms. The van der Waals surface area contributed by atoms with E-state index in [4.69, 9.17) is 16.4 Å². The van der Waals surface area contributed by atoms with Gasteiger partial charge in [-0.1, -0.05) is 13.3 Å². The number of nitrogens with zero attached hydrogens (tertiary/aromatic N) is 2. The molecular formula is C11H16N4O2. The van der Waals surface area contributed by atoms with Crippen molar-refractivity contribution in [3.63, 3.8) is 0 Å². The molecule has 1 heterocycles. The molecule has 0 unspecified atom stereocenters. The molecule has 92 valence electrons. The van der Waals surface area contributed by atoms with E-state index < -0.39 is 5.97 Å². The second kappa shape index (κ2) is 5.40. The Hall–Kier alpha value is -1.95. The summed E-state index contributed by atoms with van der Waals surface area (Å²) < 4.78 is 0. The molecular weight excluding hydrogens is 220 g/mol. The van der Waals surface area contributed by atoms with Gasteiger partial charge >= 0.3 is 5.97 Å². The minimum absolute atomic E-state index is 0.0713. The number of hydrogen-bond donors (Lipinski definition) is 3. The number of pyridine rings is 1. The summed E-state index contributed by atoms with van der Waals surface area (Å²) >= 11 is 0. The van der Waals surface area contributed by atoms with Crippen molar-refractivity contribution in [2.45, 2.75) is 19.8 Å². The maximum absolute atomic E-state index is 11.1. The van der Waals surface area contributed by atoms with Crippen LogP contribution in [0.2, 0.25) is 0 Å². The molecule has 0 aromatic carbocycles. The summed E-state index contributed by atoms with van der Waals surface area (Å²) in [6, 6.07) is 3.30. The number of carboxylic acids is 1. The predicted molar refractivity (Wildman–Crippen MR) is 64.0 cm³/mol. The first kappa shape index (κ1) is 13.1. The topological polar surface area (TPSA) is 103 Å². The van der Waals surface area contributed by atoms with Crippen molar-refractivity contribution in [3.05, 3.63) is 29.1 Å². The third-order valence-electron chi connectivity index (χ3n) is 2.27. The Bertz CT molecular complexity index is 443. The number of hydrogen-bond acceptors (Lipinski definition) is 4. The molecule has 0 bridgehead atoms. The van der Waals surface area contributed by atoms with E-state index in [0.29, 0.717) is 12.1 Å². The fourth-order valence-corrected chi connectivity index (χ4v) is 1.44. The van der Waals surface area contributed by atoms with Crippen molar-refractivity contribution < 1.29 is 9.90 Å². The van der Waals surface area contributed by atoms with Crippen LogP contribution in [0.5, 0.6) is 0 Å². The minimum atomic E-state index is -1.15. The van der Waals surface area contributed by atoms with Gasteiger partial charge in [-0.05, 0) is 18.6 Å². The van der Waals surface area contributed by atoms with E-state index in [1.165, 1.54) is 7.05 Å². The number of aryl methyl sites for hydroxylation is 1. The van der Waals surface area contributed by atoms with Gasteiger partial charge in [0.2, 0.25) is 0 Å². The van der Waals surface area contributed by atoms with Gasteiger partial charge in [0.05, 0.1) is 5.56 Å². The average molecular weight is 236 g/mol. The third kappa shape index (κ3) is 3.01. The molecule has 0 aliphatic carbocycles. The molecule has 0 saturated carbocycles. The predicted octanol–water partition coefficient (Wildman–Crippen LogP) is 0.863. The smallest absolute Gasteiger partial charge is 0.355 e. The number of amidine groups is 1. The fraction of sp³-hybridized carbons (Fsp3) is 0.364. The highest BCUT2D eigenvalue weighted by atomic mass is 16.4. The van der Waals surface area contributed by atoms with Crippen molar-refractivity contribution in [2.24, 2.45) is 5.84 Å². The summed E-state index contributed by atoms with van der Waals surface area (Å²) in [5.74, 6) is 4.20. The van der Waals surface area contributed by atoms with Gasteiger partial charge in [-0.15, -0.1) is 0 Å². The van der Waals surface area contributed by atoms with Crippen LogP contribution in [0.25, 0.3) is 0 Å². The number of rotatable bonds is 4. The van der Waals surface area contributed by atoms with E-state index in [1.54, 1.807) is 12.1 Å². The zero-order valence-corrected chi connectivity index (χ0v) is 9.90. The van der Waals surface area contributed by atoms with Crippen LogP contribution < -0.4 is 5.84 Å². The maximum atomic E-state index is 11.1. The summed E-state index contributed by atoms with van der Waals surface area (Å²) in [4.78, 5) is 15.1. The van der Waals surface area contributed by atoms with Crippen molar-refractivity contribution in [1.82, 2.24) is 9.99 Å². The molecule has 0 aliphatic rings. The normalized spacial score (nSPS) is 10.1. The summed E-state index contributed by atoms with van der Waals surface area (Å²) in [5.41, 5.74) is 0.807. The van der Waals surface area contributed by atoms with Gasteiger partial charge < -0.3 is 5.11 Å². The standard InChI is InChI=1S/C11H16N4O2/c1-3-4-7-5-6-8(10(12)15(2)13)9(14-7)11(16)17/h5-6,12H,3-4,13H2,1-2H3,(H,16,17). The van der Waals surface area contributed by atoms with Crippen molar-refractivity contribution in [1.29, 1.82) is 5.41 Å². The number of carbonyl (C=O) groups is 1. The van der Waals surface area contributed by atoms with Crippen molar-refractivity contribution >= 4 is 11.8 Å². The fourth-order valence-electron chi connectivity index (χ4n) is 1.44. The average Bonchev–Trinajstić information content (AvgIpc) is 2.28. The Morgan fingerprint density at radius 3 is 2.71 bits per heavy atom. The first-order chi connectivity index (χ1) is 7.97. The van der Waals surface area contributed by atoms with E-state index in [-0.39, 0.29) is 17.1 Å².